The minimum atomic E-state index is 0.652. The van der Waals surface area contributed by atoms with Gasteiger partial charge < -0.3 is 0 Å². The van der Waals surface area contributed by atoms with Crippen LogP contribution in [0.3, 0.4) is 0 Å². The van der Waals surface area contributed by atoms with E-state index >= 15 is 0 Å². The molecule has 52 heavy (non-hydrogen) atoms. The molecule has 3 heterocycles. The first-order chi connectivity index (χ1) is 25.8. The Balaban J connectivity index is 1.15. The number of benzene rings is 7. The molecule has 3 aromatic heterocycles. The molecule has 0 aliphatic carbocycles. The number of hydrogen-bond acceptors (Lipinski definition) is 4. The quantitative estimate of drug-likeness (QED) is 0.166. The molecule has 0 aliphatic heterocycles. The van der Waals surface area contributed by atoms with Gasteiger partial charge in [-0.1, -0.05) is 127 Å². The Labute approximate surface area is 301 Å². The smallest absolute Gasteiger partial charge is 0.160 e. The van der Waals surface area contributed by atoms with E-state index in [-0.39, 0.29) is 0 Å². The van der Waals surface area contributed by atoms with Crippen molar-refractivity contribution in [3.63, 3.8) is 0 Å². The summed E-state index contributed by atoms with van der Waals surface area (Å²) in [5, 5.41) is 7.58. The number of aromatic nitrogens is 4. The molecule has 0 unspecified atom stereocenters. The lowest BCUT2D eigenvalue weighted by Gasteiger charge is -2.17. The second-order valence-corrected chi connectivity index (χ2v) is 13.1. The maximum Gasteiger partial charge on any atom is 0.160 e. The lowest BCUT2D eigenvalue weighted by atomic mass is 9.87. The molecule has 0 amide bonds. The van der Waals surface area contributed by atoms with Crippen molar-refractivity contribution in [3.8, 4) is 67.4 Å². The molecule has 0 bridgehead atoms. The predicted octanol–water partition coefficient (Wildman–Crippen LogP) is 12.2. The van der Waals surface area contributed by atoms with Crippen LogP contribution in [-0.4, -0.2) is 19.9 Å². The minimum absolute atomic E-state index is 0.652. The SMILES string of the molecule is c1ccc(-c2ccc3ccc4c(-c5cccc(-c6nc(-c7cccnc7)cc(-c7ccccc7-c7ccccn7)n6)c5)ccc5ccc2c3c54)cc1. The van der Waals surface area contributed by atoms with Gasteiger partial charge in [0.05, 0.1) is 17.1 Å². The van der Waals surface area contributed by atoms with E-state index in [4.69, 9.17) is 9.97 Å². The van der Waals surface area contributed by atoms with E-state index < -0.39 is 0 Å². The zero-order chi connectivity index (χ0) is 34.4. The summed E-state index contributed by atoms with van der Waals surface area (Å²) in [6.45, 7) is 0. The molecule has 0 aliphatic rings. The van der Waals surface area contributed by atoms with E-state index in [1.54, 1.807) is 6.20 Å². The minimum Gasteiger partial charge on any atom is -0.264 e. The van der Waals surface area contributed by atoms with Gasteiger partial charge in [-0.3, -0.25) is 9.97 Å². The first kappa shape index (κ1) is 29.8. The van der Waals surface area contributed by atoms with E-state index in [0.29, 0.717) is 5.82 Å². The standard InChI is InChI=1S/C48H30N4/c1-2-10-31(11-3-1)37-22-18-32-21-25-42-38(23-19-33-20-24-41(37)46(32)47(33)42)34-12-8-13-35(28-34)48-51-44(36-14-9-26-49-30-36)29-45(52-48)40-16-5-4-15-39(40)43-17-6-7-27-50-43/h1-30H. The van der Waals surface area contributed by atoms with Gasteiger partial charge in [0.25, 0.3) is 0 Å². The lowest BCUT2D eigenvalue weighted by Crippen LogP contribution is -1.98. The average Bonchev–Trinajstić information content (AvgIpc) is 3.23. The highest BCUT2D eigenvalue weighted by Gasteiger charge is 2.17. The maximum absolute atomic E-state index is 5.23. The van der Waals surface area contributed by atoms with Crippen molar-refractivity contribution in [2.75, 3.05) is 0 Å². The van der Waals surface area contributed by atoms with Crippen LogP contribution in [0.4, 0.5) is 0 Å². The topological polar surface area (TPSA) is 51.6 Å². The van der Waals surface area contributed by atoms with Gasteiger partial charge in [0.15, 0.2) is 5.82 Å². The fraction of sp³-hybridized carbons (Fsp3) is 0. The highest BCUT2D eigenvalue weighted by molar-refractivity contribution is 6.27. The van der Waals surface area contributed by atoms with Crippen molar-refractivity contribution in [1.29, 1.82) is 0 Å². The molecule has 0 fully saturated rings. The molecule has 0 N–H and O–H groups in total. The summed E-state index contributed by atoms with van der Waals surface area (Å²) in [5.41, 5.74) is 11.2. The Hall–Kier alpha value is -7.04. The maximum atomic E-state index is 5.23. The van der Waals surface area contributed by atoms with Crippen molar-refractivity contribution in [2.24, 2.45) is 0 Å². The molecule has 10 rings (SSSR count). The van der Waals surface area contributed by atoms with Gasteiger partial charge in [-0.15, -0.1) is 0 Å². The number of nitrogens with zero attached hydrogens (tertiary/aromatic N) is 4. The van der Waals surface area contributed by atoms with E-state index in [1.165, 1.54) is 49.0 Å². The average molecular weight is 663 g/mol. The van der Waals surface area contributed by atoms with Crippen molar-refractivity contribution < 1.29 is 0 Å². The molecule has 7 aromatic carbocycles. The number of hydrogen-bond donors (Lipinski definition) is 0. The molecule has 0 saturated heterocycles. The van der Waals surface area contributed by atoms with E-state index in [1.807, 2.05) is 54.9 Å². The van der Waals surface area contributed by atoms with E-state index in [0.717, 1.165) is 44.9 Å². The van der Waals surface area contributed by atoms with Gasteiger partial charge in [-0.05, 0) is 91.0 Å². The molecule has 10 aromatic rings. The fourth-order valence-corrected chi connectivity index (χ4v) is 7.58. The zero-order valence-electron chi connectivity index (χ0n) is 28.1. The third-order valence-electron chi connectivity index (χ3n) is 10.0. The summed E-state index contributed by atoms with van der Waals surface area (Å²) >= 11 is 0. The number of rotatable bonds is 6. The summed E-state index contributed by atoms with van der Waals surface area (Å²) in [5.74, 6) is 0.652. The predicted molar refractivity (Wildman–Crippen MR) is 214 cm³/mol. The summed E-state index contributed by atoms with van der Waals surface area (Å²) in [4.78, 5) is 19.4. The molecule has 4 nitrogen and oxygen atoms in total. The Morgan fingerprint density at radius 2 is 0.962 bits per heavy atom. The van der Waals surface area contributed by atoms with Gasteiger partial charge in [-0.2, -0.15) is 0 Å². The van der Waals surface area contributed by atoms with Crippen LogP contribution in [0.25, 0.3) is 99.7 Å². The van der Waals surface area contributed by atoms with Crippen LogP contribution in [0.15, 0.2) is 182 Å². The Morgan fingerprint density at radius 3 is 1.67 bits per heavy atom. The van der Waals surface area contributed by atoms with Crippen LogP contribution in [0.5, 0.6) is 0 Å². The zero-order valence-corrected chi connectivity index (χ0v) is 28.1. The molecular formula is C48H30N4. The Bertz CT molecular complexity index is 2890. The normalized spacial score (nSPS) is 11.5. The molecule has 0 saturated carbocycles. The van der Waals surface area contributed by atoms with Crippen molar-refractivity contribution in [2.45, 2.75) is 0 Å². The second kappa shape index (κ2) is 12.4. The Kier molecular flexibility index (Phi) is 7.10. The summed E-state index contributed by atoms with van der Waals surface area (Å²) in [7, 11) is 0. The third kappa shape index (κ3) is 5.09. The molecule has 0 atom stereocenters. The third-order valence-corrected chi connectivity index (χ3v) is 10.0. The monoisotopic (exact) mass is 662 g/mol. The summed E-state index contributed by atoms with van der Waals surface area (Å²) < 4.78 is 0. The highest BCUT2D eigenvalue weighted by Crippen LogP contribution is 2.43. The summed E-state index contributed by atoms with van der Waals surface area (Å²) in [6.07, 6.45) is 5.46. The highest BCUT2D eigenvalue weighted by atomic mass is 14.9. The van der Waals surface area contributed by atoms with Crippen LogP contribution >= 0.6 is 0 Å². The van der Waals surface area contributed by atoms with Crippen molar-refractivity contribution in [1.82, 2.24) is 19.9 Å². The Morgan fingerprint density at radius 1 is 0.346 bits per heavy atom. The van der Waals surface area contributed by atoms with Crippen LogP contribution in [0.2, 0.25) is 0 Å². The first-order valence-corrected chi connectivity index (χ1v) is 17.5. The van der Waals surface area contributed by atoms with E-state index in [9.17, 15) is 0 Å². The molecule has 0 radical (unpaired) electrons. The van der Waals surface area contributed by atoms with Gasteiger partial charge in [0.1, 0.15) is 0 Å². The lowest BCUT2D eigenvalue weighted by molar-refractivity contribution is 1.18. The second-order valence-electron chi connectivity index (χ2n) is 13.1. The molecular weight excluding hydrogens is 633 g/mol. The molecule has 4 heteroatoms. The van der Waals surface area contributed by atoms with Gasteiger partial charge in [-0.25, -0.2) is 9.97 Å². The first-order valence-electron chi connectivity index (χ1n) is 17.5. The van der Waals surface area contributed by atoms with Gasteiger partial charge >= 0.3 is 0 Å². The summed E-state index contributed by atoms with van der Waals surface area (Å²) in [6, 6.07) is 57.7. The molecule has 0 spiro atoms. The van der Waals surface area contributed by atoms with Gasteiger partial charge in [0.2, 0.25) is 0 Å². The van der Waals surface area contributed by atoms with Crippen LogP contribution in [0, 0.1) is 0 Å². The van der Waals surface area contributed by atoms with E-state index in [2.05, 4.69) is 131 Å². The van der Waals surface area contributed by atoms with Crippen LogP contribution in [0.1, 0.15) is 0 Å². The number of pyridine rings is 2. The molecule has 242 valence electrons. The van der Waals surface area contributed by atoms with Gasteiger partial charge in [0, 0.05) is 40.8 Å². The fourth-order valence-electron chi connectivity index (χ4n) is 7.58. The van der Waals surface area contributed by atoms with Crippen molar-refractivity contribution in [3.05, 3.63) is 182 Å². The largest absolute Gasteiger partial charge is 0.264 e. The van der Waals surface area contributed by atoms with Crippen LogP contribution in [-0.2, 0) is 0 Å². The van der Waals surface area contributed by atoms with Crippen molar-refractivity contribution >= 4 is 32.3 Å². The van der Waals surface area contributed by atoms with Crippen LogP contribution < -0.4 is 0 Å².